The summed E-state index contributed by atoms with van der Waals surface area (Å²) in [6, 6.07) is 0. The Labute approximate surface area is 278 Å². The van der Waals surface area contributed by atoms with Crippen molar-refractivity contribution in [1.82, 2.24) is 15.0 Å². The van der Waals surface area contributed by atoms with Crippen molar-refractivity contribution in [2.24, 2.45) is 17.8 Å². The number of rotatable bonds is 6. The summed E-state index contributed by atoms with van der Waals surface area (Å²) in [5, 5.41) is 6.70. The molecule has 46 heavy (non-hydrogen) atoms. The van der Waals surface area contributed by atoms with Gasteiger partial charge in [-0.2, -0.15) is 11.4 Å². The number of carbonyl (C=O) groups excluding carboxylic acids is 3. The largest absolute Gasteiger partial charge is 0.664 e. The number of ether oxygens (including phenoxy) is 2. The minimum absolute atomic E-state index is 0. The van der Waals surface area contributed by atoms with Gasteiger partial charge in [0.25, 0.3) is 0 Å². The first-order chi connectivity index (χ1) is 21.5. The van der Waals surface area contributed by atoms with Crippen LogP contribution in [0.25, 0.3) is 35.2 Å². The van der Waals surface area contributed by atoms with Crippen molar-refractivity contribution < 1.29 is 40.3 Å². The summed E-state index contributed by atoms with van der Waals surface area (Å²) in [4.78, 5) is 54.6. The maximum absolute atomic E-state index is 14.0. The molecule has 6 rings (SSSR count). The van der Waals surface area contributed by atoms with E-state index >= 15 is 0 Å². The number of aromatic nitrogens is 3. The molecule has 2 aliphatic heterocycles. The van der Waals surface area contributed by atoms with Crippen LogP contribution in [-0.4, -0.2) is 31.9 Å². The smallest absolute Gasteiger partial charge is 0.321 e. The fourth-order valence-corrected chi connectivity index (χ4v) is 7.02. The van der Waals surface area contributed by atoms with Crippen LogP contribution in [0.1, 0.15) is 87.6 Å². The van der Waals surface area contributed by atoms with Crippen LogP contribution in [0.5, 0.6) is 0 Å². The molecule has 5 heterocycles. The molecular weight excluding hydrogens is 627 g/mol. The van der Waals surface area contributed by atoms with E-state index in [1.807, 2.05) is 45.1 Å². The Hall–Kier alpha value is -4.30. The summed E-state index contributed by atoms with van der Waals surface area (Å²) in [5.74, 6) is -3.01. The van der Waals surface area contributed by atoms with E-state index in [4.69, 9.17) is 29.7 Å². The van der Waals surface area contributed by atoms with Crippen molar-refractivity contribution in [3.63, 3.8) is 0 Å². The third-order valence-corrected chi connectivity index (χ3v) is 9.63. The zero-order valence-electron chi connectivity index (χ0n) is 27.0. The Morgan fingerprint density at radius 1 is 0.935 bits per heavy atom. The summed E-state index contributed by atoms with van der Waals surface area (Å²) in [6.45, 7) is 14.1. The quantitative estimate of drug-likeness (QED) is 0.220. The maximum atomic E-state index is 14.0. The fraction of sp³-hybridized carbons (Fsp3) is 0.361. The first-order valence-electron chi connectivity index (χ1n) is 15.2. The molecule has 0 aromatic carbocycles. The van der Waals surface area contributed by atoms with Gasteiger partial charge in [0.15, 0.2) is 5.78 Å². The molecule has 3 aliphatic rings. The van der Waals surface area contributed by atoms with Gasteiger partial charge in [-0.1, -0.05) is 72.6 Å². The van der Waals surface area contributed by atoms with Crippen LogP contribution in [0.3, 0.4) is 0 Å². The Morgan fingerprint density at radius 3 is 2.28 bits per heavy atom. The zero-order chi connectivity index (χ0) is 32.3. The second kappa shape index (κ2) is 12.5. The molecule has 8 bridgehead atoms. The van der Waals surface area contributed by atoms with Crippen LogP contribution in [0.15, 0.2) is 18.0 Å². The van der Waals surface area contributed by atoms with E-state index in [1.54, 1.807) is 0 Å². The molecule has 0 amide bonds. The minimum atomic E-state index is -1.20. The zero-order valence-corrected chi connectivity index (χ0v) is 28.0. The topological polar surface area (TPSA) is 126 Å². The standard InChI is InChI=1S/C36H37N4O5.Ni/c1-9-20-16(3)23-13-25-18(5)22(11-12-29(41)44-7)33(39-25)31-32(36(43)45-8)35(42)30-19(6)26(40-34(30)31)15-28-21(10-2)17(4)24(38-28)14-27(20)37-23;/h9,13-15,18,22,32H,1,10-12H2,2-8H3,(H-,39,40,42);/q-3;/p-1/b24-14-,25-13-,28-15-;. The van der Waals surface area contributed by atoms with Crippen molar-refractivity contribution in [3.8, 4) is 0 Å². The molecule has 9 nitrogen and oxygen atoms in total. The monoisotopic (exact) mass is 662 g/mol. The van der Waals surface area contributed by atoms with E-state index in [9.17, 15) is 14.4 Å². The molecular formula is C36H36N4NiO5-4. The number of ketones is 1. The summed E-state index contributed by atoms with van der Waals surface area (Å²) in [6.07, 6.45) is 9.00. The summed E-state index contributed by atoms with van der Waals surface area (Å²) >= 11 is 0. The molecule has 3 aromatic heterocycles. The molecule has 3 aromatic rings. The van der Waals surface area contributed by atoms with E-state index in [-0.39, 0.29) is 46.5 Å². The molecule has 0 N–H and O–H groups in total. The second-order valence-electron chi connectivity index (χ2n) is 11.9. The predicted molar refractivity (Wildman–Crippen MR) is 171 cm³/mol. The van der Waals surface area contributed by atoms with E-state index in [1.165, 1.54) is 14.2 Å². The Kier molecular flexibility index (Phi) is 8.97. The number of hydrogen-bond donors (Lipinski definition) is 0. The van der Waals surface area contributed by atoms with Gasteiger partial charge in [0.05, 0.1) is 14.2 Å². The Morgan fingerprint density at radius 2 is 1.63 bits per heavy atom. The molecule has 3 unspecified atom stereocenters. The number of esters is 2. The van der Waals surface area contributed by atoms with Gasteiger partial charge in [-0.3, -0.25) is 14.4 Å². The molecule has 1 aliphatic carbocycles. The summed E-state index contributed by atoms with van der Waals surface area (Å²) in [5.41, 5.74) is 9.40. The normalized spacial score (nSPS) is 23.7. The number of hydrogen-bond acceptors (Lipinski definition) is 5. The summed E-state index contributed by atoms with van der Waals surface area (Å²) < 4.78 is 10.1. The third-order valence-electron chi connectivity index (χ3n) is 9.63. The molecule has 1 saturated heterocycles. The molecule has 244 valence electrons. The SMILES string of the molecule is C=Cc1c2[n-]c(c1C)/C=C1\[N-]/C(=C3\c4[n-]c(c(C)c4C(=O)C3C(=O)OC)/C=c3\[n-]/c(c(C)c3CC)=C\2)C(CCC(=O)OC)C1C.[Ni]. The van der Waals surface area contributed by atoms with Crippen molar-refractivity contribution in [3.05, 3.63) is 90.1 Å². The van der Waals surface area contributed by atoms with E-state index in [0.717, 1.165) is 56.5 Å². The van der Waals surface area contributed by atoms with E-state index < -0.39 is 11.9 Å². The van der Waals surface area contributed by atoms with Crippen molar-refractivity contribution in [2.45, 2.75) is 53.9 Å². The third kappa shape index (κ3) is 5.03. The number of carbonyl (C=O) groups is 3. The van der Waals surface area contributed by atoms with Gasteiger partial charge < -0.3 is 29.7 Å². The van der Waals surface area contributed by atoms with Crippen molar-refractivity contribution in [1.29, 1.82) is 0 Å². The van der Waals surface area contributed by atoms with Crippen LogP contribution in [-0.2, 0) is 42.0 Å². The first-order valence-corrected chi connectivity index (χ1v) is 15.2. The number of allylic oxidation sites excluding steroid dienone is 2. The Bertz CT molecular complexity index is 1990. The van der Waals surface area contributed by atoms with Crippen LogP contribution in [0, 0.1) is 38.5 Å². The molecule has 0 spiro atoms. The fourth-order valence-electron chi connectivity index (χ4n) is 7.02. The number of fused-ring (bicyclic) bond motifs is 7. The van der Waals surface area contributed by atoms with E-state index in [2.05, 4.69) is 20.4 Å². The second-order valence-corrected chi connectivity index (χ2v) is 11.9. The number of Topliss-reactive ketones (excluding diaryl/α,β-unsaturated/α-hetero) is 1. The average Bonchev–Trinajstić information content (AvgIpc) is 3.76. The molecule has 10 heteroatoms. The van der Waals surface area contributed by atoms with Crippen LogP contribution in [0.2, 0.25) is 0 Å². The predicted octanol–water partition coefficient (Wildman–Crippen LogP) is 3.99. The number of nitrogens with zero attached hydrogens (tertiary/aromatic N) is 4. The average molecular weight is 663 g/mol. The summed E-state index contributed by atoms with van der Waals surface area (Å²) in [7, 11) is 2.63. The minimum Gasteiger partial charge on any atom is -0.664 e. The van der Waals surface area contributed by atoms with Gasteiger partial charge in [-0.05, 0) is 51.0 Å². The van der Waals surface area contributed by atoms with Gasteiger partial charge in [-0.15, -0.1) is 33.5 Å². The van der Waals surface area contributed by atoms with Crippen LogP contribution in [0.4, 0.5) is 0 Å². The van der Waals surface area contributed by atoms with Crippen molar-refractivity contribution >= 4 is 47.6 Å². The van der Waals surface area contributed by atoms with Gasteiger partial charge in [0, 0.05) is 28.5 Å². The van der Waals surface area contributed by atoms with Gasteiger partial charge in [0.1, 0.15) is 5.92 Å². The van der Waals surface area contributed by atoms with E-state index in [0.29, 0.717) is 40.2 Å². The van der Waals surface area contributed by atoms with Crippen LogP contribution >= 0.6 is 0 Å². The van der Waals surface area contributed by atoms with Gasteiger partial charge in [-0.25, -0.2) is 0 Å². The molecule has 0 radical (unpaired) electrons. The molecule has 0 saturated carbocycles. The van der Waals surface area contributed by atoms with Crippen molar-refractivity contribution in [2.75, 3.05) is 14.2 Å². The van der Waals surface area contributed by atoms with Gasteiger partial charge in [0.2, 0.25) is 0 Å². The Balaban J connectivity index is 0.00000417. The van der Waals surface area contributed by atoms with Crippen LogP contribution < -0.4 is 25.7 Å². The molecule has 3 atom stereocenters. The number of methoxy groups -OCH3 is 2. The van der Waals surface area contributed by atoms with Gasteiger partial charge >= 0.3 is 11.9 Å². The maximum Gasteiger partial charge on any atom is 0.321 e. The molecule has 1 fully saturated rings. The first kappa shape index (κ1) is 33.1.